The second-order valence-corrected chi connectivity index (χ2v) is 7.46. The lowest BCUT2D eigenvalue weighted by Gasteiger charge is -2.17. The molecular formula is C18H15N3O3S2. The fourth-order valence-corrected chi connectivity index (χ4v) is 3.77. The molecule has 1 aliphatic rings. The van der Waals surface area contributed by atoms with E-state index in [9.17, 15) is 14.9 Å². The summed E-state index contributed by atoms with van der Waals surface area (Å²) < 4.78 is 0.435. The molecule has 6 nitrogen and oxygen atoms in total. The number of nitro benzene ring substituents is 1. The molecule has 2 aromatic carbocycles. The Kier molecular flexibility index (Phi) is 5.06. The van der Waals surface area contributed by atoms with Crippen molar-refractivity contribution >= 4 is 57.3 Å². The first-order valence-corrected chi connectivity index (χ1v) is 8.89. The molecule has 0 saturated carbocycles. The predicted octanol–water partition coefficient (Wildman–Crippen LogP) is 4.07. The maximum atomic E-state index is 12.8. The van der Waals surface area contributed by atoms with Gasteiger partial charge in [0.2, 0.25) is 0 Å². The van der Waals surface area contributed by atoms with Crippen LogP contribution in [0.3, 0.4) is 0 Å². The summed E-state index contributed by atoms with van der Waals surface area (Å²) in [6.07, 6.45) is 1.63. The third-order valence-corrected chi connectivity index (χ3v) is 5.10. The van der Waals surface area contributed by atoms with Crippen molar-refractivity contribution in [2.75, 3.05) is 23.9 Å². The molecule has 26 heavy (non-hydrogen) atoms. The Bertz CT molecular complexity index is 924. The van der Waals surface area contributed by atoms with Gasteiger partial charge in [-0.05, 0) is 35.9 Å². The molecule has 0 aliphatic carbocycles. The molecule has 2 aromatic rings. The Morgan fingerprint density at radius 2 is 1.88 bits per heavy atom. The van der Waals surface area contributed by atoms with E-state index >= 15 is 0 Å². The van der Waals surface area contributed by atoms with Gasteiger partial charge in [-0.15, -0.1) is 0 Å². The van der Waals surface area contributed by atoms with Crippen molar-refractivity contribution in [3.8, 4) is 0 Å². The zero-order valence-corrected chi connectivity index (χ0v) is 15.7. The third-order valence-electron chi connectivity index (χ3n) is 3.80. The molecular weight excluding hydrogens is 370 g/mol. The SMILES string of the molecule is CN(C)c1ccc(N2C(=O)/C(=C/c3cccc([N+](=O)[O-])c3)SC2=S)cc1. The van der Waals surface area contributed by atoms with Crippen molar-refractivity contribution in [1.29, 1.82) is 0 Å². The molecule has 1 saturated heterocycles. The molecule has 1 heterocycles. The first kappa shape index (κ1) is 18.1. The van der Waals surface area contributed by atoms with Crippen LogP contribution < -0.4 is 9.80 Å². The summed E-state index contributed by atoms with van der Waals surface area (Å²) in [4.78, 5) is 27.1. The van der Waals surface area contributed by atoms with Crippen LogP contribution in [0.1, 0.15) is 5.56 Å². The second kappa shape index (κ2) is 7.27. The van der Waals surface area contributed by atoms with Crippen LogP contribution in [0.2, 0.25) is 0 Å². The molecule has 0 bridgehead atoms. The monoisotopic (exact) mass is 385 g/mol. The van der Waals surface area contributed by atoms with Crippen LogP contribution >= 0.6 is 24.0 Å². The average Bonchev–Trinajstić information content (AvgIpc) is 2.89. The molecule has 0 aromatic heterocycles. The van der Waals surface area contributed by atoms with Gasteiger partial charge in [0.15, 0.2) is 4.32 Å². The number of thioether (sulfide) groups is 1. The Labute approximate surface area is 160 Å². The normalized spacial score (nSPS) is 15.6. The number of carbonyl (C=O) groups is 1. The number of rotatable bonds is 4. The van der Waals surface area contributed by atoms with Gasteiger partial charge in [-0.3, -0.25) is 19.8 Å². The fraction of sp³-hybridized carbons (Fsp3) is 0.111. The number of hydrogen-bond donors (Lipinski definition) is 0. The number of nitrogens with zero attached hydrogens (tertiary/aromatic N) is 3. The van der Waals surface area contributed by atoms with Crippen molar-refractivity contribution in [2.45, 2.75) is 0 Å². The minimum Gasteiger partial charge on any atom is -0.378 e. The van der Waals surface area contributed by atoms with Crippen molar-refractivity contribution in [2.24, 2.45) is 0 Å². The number of amides is 1. The average molecular weight is 385 g/mol. The minimum absolute atomic E-state index is 0.0199. The molecule has 0 N–H and O–H groups in total. The smallest absolute Gasteiger partial charge is 0.270 e. The van der Waals surface area contributed by atoms with Crippen LogP contribution in [0.4, 0.5) is 17.1 Å². The Balaban J connectivity index is 1.89. The number of thiocarbonyl (C=S) groups is 1. The predicted molar refractivity (Wildman–Crippen MR) is 110 cm³/mol. The number of nitro groups is 1. The lowest BCUT2D eigenvalue weighted by molar-refractivity contribution is -0.384. The summed E-state index contributed by atoms with van der Waals surface area (Å²) in [7, 11) is 3.88. The number of anilines is 2. The lowest BCUT2D eigenvalue weighted by atomic mass is 10.2. The van der Waals surface area contributed by atoms with Crippen molar-refractivity contribution in [3.63, 3.8) is 0 Å². The topological polar surface area (TPSA) is 66.7 Å². The maximum Gasteiger partial charge on any atom is 0.270 e. The molecule has 0 atom stereocenters. The number of carbonyl (C=O) groups excluding carboxylic acids is 1. The zero-order chi connectivity index (χ0) is 18.8. The molecule has 0 radical (unpaired) electrons. The fourth-order valence-electron chi connectivity index (χ4n) is 2.47. The molecule has 1 amide bonds. The molecule has 1 fully saturated rings. The van der Waals surface area contributed by atoms with E-state index in [4.69, 9.17) is 12.2 Å². The van der Waals surface area contributed by atoms with E-state index in [1.807, 2.05) is 43.3 Å². The largest absolute Gasteiger partial charge is 0.378 e. The highest BCUT2D eigenvalue weighted by Gasteiger charge is 2.33. The minimum atomic E-state index is -0.463. The Hall–Kier alpha value is -2.71. The van der Waals surface area contributed by atoms with Crippen LogP contribution in [-0.2, 0) is 4.79 Å². The van der Waals surface area contributed by atoms with Gasteiger partial charge in [0, 0.05) is 31.9 Å². The highest BCUT2D eigenvalue weighted by molar-refractivity contribution is 8.27. The number of benzene rings is 2. The van der Waals surface area contributed by atoms with E-state index in [1.165, 1.54) is 28.8 Å². The van der Waals surface area contributed by atoms with E-state index in [-0.39, 0.29) is 11.6 Å². The molecule has 0 spiro atoms. The van der Waals surface area contributed by atoms with Crippen LogP contribution in [0.15, 0.2) is 53.4 Å². The highest BCUT2D eigenvalue weighted by Crippen LogP contribution is 2.36. The lowest BCUT2D eigenvalue weighted by Crippen LogP contribution is -2.27. The Morgan fingerprint density at radius 3 is 2.50 bits per heavy atom. The molecule has 3 rings (SSSR count). The van der Waals surface area contributed by atoms with E-state index in [0.717, 1.165) is 5.69 Å². The highest BCUT2D eigenvalue weighted by atomic mass is 32.2. The number of non-ortho nitro benzene ring substituents is 1. The van der Waals surface area contributed by atoms with Crippen molar-refractivity contribution < 1.29 is 9.72 Å². The third kappa shape index (κ3) is 3.61. The summed E-state index contributed by atoms with van der Waals surface area (Å²) in [6.45, 7) is 0. The van der Waals surface area contributed by atoms with Crippen LogP contribution in [0, 0.1) is 10.1 Å². The summed E-state index contributed by atoms with van der Waals surface area (Å²) in [5.74, 6) is -0.232. The van der Waals surface area contributed by atoms with Gasteiger partial charge in [-0.2, -0.15) is 0 Å². The van der Waals surface area contributed by atoms with Crippen LogP contribution in [0.5, 0.6) is 0 Å². The van der Waals surface area contributed by atoms with E-state index < -0.39 is 4.92 Å². The zero-order valence-electron chi connectivity index (χ0n) is 14.1. The standard InChI is InChI=1S/C18H15N3O3S2/c1-19(2)13-6-8-14(9-7-13)20-17(22)16(26-18(20)25)11-12-4-3-5-15(10-12)21(23)24/h3-11H,1-2H3/b16-11-. The first-order chi connectivity index (χ1) is 12.4. The van der Waals surface area contributed by atoms with Crippen molar-refractivity contribution in [3.05, 3.63) is 69.1 Å². The molecule has 132 valence electrons. The van der Waals surface area contributed by atoms with Crippen molar-refractivity contribution in [1.82, 2.24) is 0 Å². The summed E-state index contributed by atoms with van der Waals surface area (Å²) >= 11 is 6.54. The van der Waals surface area contributed by atoms with Crippen LogP contribution in [-0.4, -0.2) is 29.2 Å². The summed E-state index contributed by atoms with van der Waals surface area (Å²) in [5, 5.41) is 10.9. The quantitative estimate of drug-likeness (QED) is 0.342. The first-order valence-electron chi connectivity index (χ1n) is 7.66. The van der Waals surface area contributed by atoms with Gasteiger partial charge >= 0.3 is 0 Å². The Morgan fingerprint density at radius 1 is 1.19 bits per heavy atom. The van der Waals surface area contributed by atoms with Crippen LogP contribution in [0.25, 0.3) is 6.08 Å². The molecule has 0 unspecified atom stereocenters. The molecule has 1 aliphatic heterocycles. The van der Waals surface area contributed by atoms with E-state index in [2.05, 4.69) is 0 Å². The van der Waals surface area contributed by atoms with E-state index in [0.29, 0.717) is 20.5 Å². The van der Waals surface area contributed by atoms with Gasteiger partial charge in [0.25, 0.3) is 11.6 Å². The van der Waals surface area contributed by atoms with Gasteiger partial charge in [-0.1, -0.05) is 36.1 Å². The van der Waals surface area contributed by atoms with Gasteiger partial charge in [0.05, 0.1) is 15.5 Å². The van der Waals surface area contributed by atoms with E-state index in [1.54, 1.807) is 18.2 Å². The van der Waals surface area contributed by atoms with Gasteiger partial charge in [0.1, 0.15) is 0 Å². The maximum absolute atomic E-state index is 12.8. The van der Waals surface area contributed by atoms with Gasteiger partial charge < -0.3 is 4.90 Å². The summed E-state index contributed by atoms with van der Waals surface area (Å²) in [5.41, 5.74) is 2.28. The summed E-state index contributed by atoms with van der Waals surface area (Å²) in [6, 6.07) is 13.7. The number of hydrogen-bond acceptors (Lipinski definition) is 6. The second-order valence-electron chi connectivity index (χ2n) is 5.78. The molecule has 8 heteroatoms. The van der Waals surface area contributed by atoms with Gasteiger partial charge in [-0.25, -0.2) is 0 Å².